The fourth-order valence-corrected chi connectivity index (χ4v) is 4.69. The van der Waals surface area contributed by atoms with E-state index in [2.05, 4.69) is 40.7 Å². The van der Waals surface area contributed by atoms with Crippen LogP contribution in [-0.4, -0.2) is 34.1 Å². The average Bonchev–Trinajstić information content (AvgIpc) is 3.06. The number of hydrogen-bond donors (Lipinski definition) is 1. The molecular weight excluding hydrogens is 288 g/mol. The Morgan fingerprint density at radius 3 is 2.57 bits per heavy atom. The zero-order valence-electron chi connectivity index (χ0n) is 15.5. The molecule has 5 atom stereocenters. The lowest BCUT2D eigenvalue weighted by Gasteiger charge is -2.40. The summed E-state index contributed by atoms with van der Waals surface area (Å²) in [6.45, 7) is 11.0. The molecule has 0 unspecified atom stereocenters. The topological polar surface area (TPSA) is 38.7 Å². The van der Waals surface area contributed by atoms with Crippen LogP contribution in [0.3, 0.4) is 0 Å². The van der Waals surface area contributed by atoms with Gasteiger partial charge in [0, 0.05) is 0 Å². The molecule has 23 heavy (non-hydrogen) atoms. The van der Waals surface area contributed by atoms with Gasteiger partial charge in [-0.05, 0) is 71.6 Å². The number of aliphatic hydroxyl groups is 1. The van der Waals surface area contributed by atoms with Crippen LogP contribution in [0.15, 0.2) is 11.6 Å². The van der Waals surface area contributed by atoms with E-state index in [4.69, 9.17) is 9.47 Å². The molecule has 0 radical (unpaired) electrons. The van der Waals surface area contributed by atoms with Gasteiger partial charge in [0.1, 0.15) is 0 Å². The van der Waals surface area contributed by atoms with E-state index in [9.17, 15) is 5.11 Å². The summed E-state index contributed by atoms with van der Waals surface area (Å²) in [6, 6.07) is 0. The van der Waals surface area contributed by atoms with Crippen LogP contribution >= 0.6 is 0 Å². The third-order valence-electron chi connectivity index (χ3n) is 6.84. The Labute approximate surface area is 141 Å². The Hall–Kier alpha value is -0.380. The van der Waals surface area contributed by atoms with Crippen molar-refractivity contribution in [3.63, 3.8) is 0 Å². The lowest BCUT2D eigenvalue weighted by Crippen LogP contribution is -2.47. The molecule has 0 saturated carbocycles. The molecule has 3 heteroatoms. The van der Waals surface area contributed by atoms with Gasteiger partial charge in [0.2, 0.25) is 0 Å². The molecular formula is C20H34O3. The second-order valence-corrected chi connectivity index (χ2v) is 8.90. The zero-order chi connectivity index (χ0) is 16.9. The van der Waals surface area contributed by atoms with Crippen molar-refractivity contribution in [2.75, 3.05) is 0 Å². The maximum atomic E-state index is 10.7. The van der Waals surface area contributed by atoms with Crippen LogP contribution in [0.2, 0.25) is 0 Å². The Morgan fingerprint density at radius 1 is 1.13 bits per heavy atom. The first-order valence-electron chi connectivity index (χ1n) is 9.41. The fourth-order valence-electron chi connectivity index (χ4n) is 4.69. The minimum absolute atomic E-state index is 0.0594. The molecule has 2 fully saturated rings. The fraction of sp³-hybridized carbons (Fsp3) is 0.900. The van der Waals surface area contributed by atoms with E-state index in [1.165, 1.54) is 5.57 Å². The minimum atomic E-state index is -0.417. The molecule has 3 heterocycles. The Kier molecular flexibility index (Phi) is 4.44. The van der Waals surface area contributed by atoms with Gasteiger partial charge in [0.05, 0.1) is 29.0 Å². The first-order valence-corrected chi connectivity index (χ1v) is 9.41. The van der Waals surface area contributed by atoms with E-state index < -0.39 is 11.7 Å². The third kappa shape index (κ3) is 3.01. The molecule has 4 bridgehead atoms. The van der Waals surface area contributed by atoms with Crippen molar-refractivity contribution in [3.8, 4) is 0 Å². The Morgan fingerprint density at radius 2 is 1.87 bits per heavy atom. The van der Waals surface area contributed by atoms with Crippen LogP contribution < -0.4 is 0 Å². The highest BCUT2D eigenvalue weighted by molar-refractivity contribution is 5.10. The number of fused-ring (bicyclic) bond motifs is 5. The van der Waals surface area contributed by atoms with Gasteiger partial charge in [-0.15, -0.1) is 0 Å². The van der Waals surface area contributed by atoms with Crippen molar-refractivity contribution in [2.45, 2.75) is 109 Å². The van der Waals surface area contributed by atoms with Gasteiger partial charge in [-0.2, -0.15) is 0 Å². The second-order valence-electron chi connectivity index (χ2n) is 8.90. The van der Waals surface area contributed by atoms with Crippen molar-refractivity contribution in [2.24, 2.45) is 5.92 Å². The van der Waals surface area contributed by atoms with E-state index in [1.54, 1.807) is 0 Å². The lowest BCUT2D eigenvalue weighted by atomic mass is 9.82. The summed E-state index contributed by atoms with van der Waals surface area (Å²) >= 11 is 0. The van der Waals surface area contributed by atoms with Gasteiger partial charge < -0.3 is 14.6 Å². The largest absolute Gasteiger partial charge is 0.390 e. The van der Waals surface area contributed by atoms with E-state index in [0.29, 0.717) is 5.92 Å². The molecule has 3 aliphatic heterocycles. The first-order chi connectivity index (χ1) is 10.7. The number of hydrogen-bond acceptors (Lipinski definition) is 3. The van der Waals surface area contributed by atoms with Gasteiger partial charge in [-0.3, -0.25) is 0 Å². The van der Waals surface area contributed by atoms with Crippen LogP contribution in [0.25, 0.3) is 0 Å². The van der Waals surface area contributed by atoms with Crippen LogP contribution in [0, 0.1) is 5.92 Å². The summed E-state index contributed by atoms with van der Waals surface area (Å²) in [5.74, 6) is 0.495. The van der Waals surface area contributed by atoms with Crippen molar-refractivity contribution >= 4 is 0 Å². The zero-order valence-corrected chi connectivity index (χ0v) is 15.5. The van der Waals surface area contributed by atoms with E-state index >= 15 is 0 Å². The number of aliphatic hydroxyl groups excluding tert-OH is 1. The molecule has 0 aromatic rings. The minimum Gasteiger partial charge on any atom is -0.390 e. The molecule has 0 aromatic heterocycles. The summed E-state index contributed by atoms with van der Waals surface area (Å²) in [7, 11) is 0. The second kappa shape index (κ2) is 5.86. The van der Waals surface area contributed by atoms with Gasteiger partial charge in [-0.25, -0.2) is 0 Å². The molecule has 3 aliphatic rings. The Bertz CT molecular complexity index is 485. The first kappa shape index (κ1) is 17.4. The molecule has 3 rings (SSSR count). The average molecular weight is 322 g/mol. The predicted octanol–water partition coefficient (Wildman–Crippen LogP) is 4.38. The van der Waals surface area contributed by atoms with Crippen molar-refractivity contribution in [1.29, 1.82) is 0 Å². The molecule has 0 aliphatic carbocycles. The van der Waals surface area contributed by atoms with Crippen molar-refractivity contribution in [3.05, 3.63) is 11.6 Å². The summed E-state index contributed by atoms with van der Waals surface area (Å²) in [4.78, 5) is 0. The van der Waals surface area contributed by atoms with E-state index in [0.717, 1.165) is 44.9 Å². The maximum absolute atomic E-state index is 10.7. The van der Waals surface area contributed by atoms with Gasteiger partial charge in [0.15, 0.2) is 0 Å². The molecule has 0 spiro atoms. The van der Waals surface area contributed by atoms with Gasteiger partial charge in [-0.1, -0.05) is 25.5 Å². The number of rotatable bonds is 1. The highest BCUT2D eigenvalue weighted by Gasteiger charge is 2.56. The van der Waals surface area contributed by atoms with Crippen LogP contribution in [0.1, 0.15) is 79.6 Å². The van der Waals surface area contributed by atoms with E-state index in [-0.39, 0.29) is 17.3 Å². The highest BCUT2D eigenvalue weighted by Crippen LogP contribution is 2.51. The molecule has 132 valence electrons. The standard InChI is InChI=1S/C20H34O3/c1-14(2)20-11-8-15(3)6-7-16(21)18(4)10-9-17(22-18)19(5,23-20)12-13-20/h8,14,16-17,21H,6-7,9-13H2,1-5H3/b15-8+/t16-,17-,18+,19+,20+/m1/s1. The van der Waals surface area contributed by atoms with E-state index in [1.807, 2.05) is 0 Å². The maximum Gasteiger partial charge on any atom is 0.0924 e. The smallest absolute Gasteiger partial charge is 0.0924 e. The SMILES string of the molecule is C/C1=C\C[C@@]2(C(C)C)CC[C@](C)(O2)[C@H]2CC[C@](C)(O2)[C@H](O)CC1. The number of ether oxygens (including phenoxy) is 2. The molecule has 0 amide bonds. The summed E-state index contributed by atoms with van der Waals surface area (Å²) in [5.41, 5.74) is 0.665. The normalized spacial score (nSPS) is 50.3. The third-order valence-corrected chi connectivity index (χ3v) is 6.84. The van der Waals surface area contributed by atoms with Crippen LogP contribution in [-0.2, 0) is 9.47 Å². The van der Waals surface area contributed by atoms with Crippen LogP contribution in [0.4, 0.5) is 0 Å². The predicted molar refractivity (Wildman–Crippen MR) is 92.4 cm³/mol. The summed E-state index contributed by atoms with van der Waals surface area (Å²) in [5, 5.41) is 10.7. The lowest BCUT2D eigenvalue weighted by molar-refractivity contribution is -0.198. The van der Waals surface area contributed by atoms with Gasteiger partial charge in [0.25, 0.3) is 0 Å². The quantitative estimate of drug-likeness (QED) is 0.728. The van der Waals surface area contributed by atoms with Gasteiger partial charge >= 0.3 is 0 Å². The molecule has 2 saturated heterocycles. The molecule has 1 N–H and O–H groups in total. The van der Waals surface area contributed by atoms with Crippen molar-refractivity contribution < 1.29 is 14.6 Å². The molecule has 3 nitrogen and oxygen atoms in total. The Balaban J connectivity index is 1.94. The number of allylic oxidation sites excluding steroid dienone is 1. The summed E-state index contributed by atoms with van der Waals surface area (Å²) < 4.78 is 13.2. The molecule has 0 aromatic carbocycles. The van der Waals surface area contributed by atoms with Crippen molar-refractivity contribution in [1.82, 2.24) is 0 Å². The highest BCUT2D eigenvalue weighted by atomic mass is 16.6. The monoisotopic (exact) mass is 322 g/mol. The van der Waals surface area contributed by atoms with Crippen LogP contribution in [0.5, 0.6) is 0 Å². The summed E-state index contributed by atoms with van der Waals surface area (Å²) in [6.07, 6.45) is 8.84.